The number of hydrogen-bond acceptors (Lipinski definition) is 4. The zero-order chi connectivity index (χ0) is 8.69. The molecule has 0 spiro atoms. The van der Waals surface area contributed by atoms with Crippen LogP contribution >= 0.6 is 0 Å². The van der Waals surface area contributed by atoms with Gasteiger partial charge in [-0.15, -0.1) is 0 Å². The van der Waals surface area contributed by atoms with Crippen LogP contribution in [0.5, 0.6) is 0 Å². The third-order valence-electron chi connectivity index (χ3n) is 0.824. The fourth-order valence-corrected chi connectivity index (χ4v) is 0.440. The fraction of sp³-hybridized carbons (Fsp3) is 0. The topological polar surface area (TPSA) is 68.3 Å². The van der Waals surface area contributed by atoms with Crippen molar-refractivity contribution in [2.75, 3.05) is 0 Å². The van der Waals surface area contributed by atoms with Crippen molar-refractivity contribution >= 4 is 17.7 Å². The minimum atomic E-state index is -0.121. The largest absolute Gasteiger partial charge is 0.373 e. The van der Waals surface area contributed by atoms with Crippen molar-refractivity contribution < 1.29 is 19.2 Å². The second-order valence-electron chi connectivity index (χ2n) is 1.55. The summed E-state index contributed by atoms with van der Waals surface area (Å²) in [6.45, 7) is 0. The minimum Gasteiger partial charge on any atom is -0.290 e. The fourth-order valence-electron chi connectivity index (χ4n) is 0.440. The van der Waals surface area contributed by atoms with E-state index in [1.165, 1.54) is 24.3 Å². The van der Waals surface area contributed by atoms with Crippen LogP contribution < -0.4 is 0 Å². The van der Waals surface area contributed by atoms with Crippen LogP contribution in [0, 0.1) is 0 Å². The molecule has 1 rings (SSSR count). The number of allylic oxidation sites excluding steroid dienone is 4. The zero-order valence-electron chi connectivity index (χ0n) is 5.44. The van der Waals surface area contributed by atoms with Crippen LogP contribution in [0.15, 0.2) is 24.3 Å². The van der Waals surface area contributed by atoms with E-state index < -0.39 is 0 Å². The molecule has 0 heterocycles. The van der Waals surface area contributed by atoms with Crippen molar-refractivity contribution in [2.24, 2.45) is 0 Å². The highest BCUT2D eigenvalue weighted by Crippen LogP contribution is 1.90. The van der Waals surface area contributed by atoms with Gasteiger partial charge >= 0.3 is 6.15 Å². The molecule has 56 valence electrons. The summed E-state index contributed by atoms with van der Waals surface area (Å²) < 4.78 is 0. The van der Waals surface area contributed by atoms with E-state index in [-0.39, 0.29) is 17.7 Å². The van der Waals surface area contributed by atoms with Gasteiger partial charge in [0.05, 0.1) is 0 Å². The average Bonchev–Trinajstić information content (AvgIpc) is 1.97. The Bertz CT molecular complexity index is 216. The highest BCUT2D eigenvalue weighted by atomic mass is 16.2. The summed E-state index contributed by atoms with van der Waals surface area (Å²) in [6.07, 6.45) is 5.26. The molecule has 0 bridgehead atoms. The standard InChI is InChI=1S/C6H4O2.CO2/c7-5-1-2-6(8)4-3-5;2-1-3/h1-4H;. The molecular formula is C7H4O4. The molecule has 0 radical (unpaired) electrons. The first kappa shape index (κ1) is 9.20. The first-order valence-corrected chi connectivity index (χ1v) is 2.64. The van der Waals surface area contributed by atoms with Gasteiger partial charge in [0.25, 0.3) is 0 Å². The van der Waals surface area contributed by atoms with Crippen LogP contribution in [0.2, 0.25) is 0 Å². The second-order valence-corrected chi connectivity index (χ2v) is 1.55. The van der Waals surface area contributed by atoms with E-state index in [0.29, 0.717) is 0 Å². The zero-order valence-corrected chi connectivity index (χ0v) is 5.44. The van der Waals surface area contributed by atoms with Gasteiger partial charge in [-0.2, -0.15) is 9.59 Å². The number of carbonyl (C=O) groups excluding carboxylic acids is 4. The third-order valence-corrected chi connectivity index (χ3v) is 0.824. The Kier molecular flexibility index (Phi) is 4.20. The van der Waals surface area contributed by atoms with Gasteiger partial charge < -0.3 is 0 Å². The molecule has 0 N–H and O–H groups in total. The average molecular weight is 152 g/mol. The molecule has 0 saturated carbocycles. The van der Waals surface area contributed by atoms with E-state index in [2.05, 4.69) is 0 Å². The summed E-state index contributed by atoms with van der Waals surface area (Å²) in [5.41, 5.74) is 0. The predicted octanol–water partition coefficient (Wildman–Crippen LogP) is -0.333. The Morgan fingerprint density at radius 3 is 1.18 bits per heavy atom. The van der Waals surface area contributed by atoms with E-state index in [4.69, 9.17) is 9.59 Å². The van der Waals surface area contributed by atoms with Gasteiger partial charge in [-0.05, 0) is 24.3 Å². The van der Waals surface area contributed by atoms with E-state index in [9.17, 15) is 9.59 Å². The van der Waals surface area contributed by atoms with E-state index in [1.54, 1.807) is 0 Å². The number of carbonyl (C=O) groups is 2. The summed E-state index contributed by atoms with van der Waals surface area (Å²) in [5, 5.41) is 0. The Balaban J connectivity index is 0.000000292. The number of hydrogen-bond donors (Lipinski definition) is 0. The Hall–Kier alpha value is -1.80. The monoisotopic (exact) mass is 152 g/mol. The van der Waals surface area contributed by atoms with Gasteiger partial charge in [-0.25, -0.2) is 0 Å². The molecule has 0 aromatic heterocycles. The molecule has 0 unspecified atom stereocenters. The molecule has 0 atom stereocenters. The van der Waals surface area contributed by atoms with Gasteiger partial charge in [0.1, 0.15) is 0 Å². The normalized spacial score (nSPS) is 13.5. The van der Waals surface area contributed by atoms with Gasteiger partial charge in [0.15, 0.2) is 11.6 Å². The molecule has 0 amide bonds. The quantitative estimate of drug-likeness (QED) is 0.445. The van der Waals surface area contributed by atoms with Crippen LogP contribution in [0.25, 0.3) is 0 Å². The molecule has 11 heavy (non-hydrogen) atoms. The van der Waals surface area contributed by atoms with Crippen molar-refractivity contribution in [3.63, 3.8) is 0 Å². The van der Waals surface area contributed by atoms with Crippen molar-refractivity contribution in [1.29, 1.82) is 0 Å². The third kappa shape index (κ3) is 4.69. The molecular weight excluding hydrogens is 148 g/mol. The second kappa shape index (κ2) is 5.02. The molecule has 4 nitrogen and oxygen atoms in total. The van der Waals surface area contributed by atoms with Crippen LogP contribution in [0.4, 0.5) is 0 Å². The highest BCUT2D eigenvalue weighted by Gasteiger charge is 1.97. The van der Waals surface area contributed by atoms with Crippen molar-refractivity contribution in [3.05, 3.63) is 24.3 Å². The number of rotatable bonds is 0. The highest BCUT2D eigenvalue weighted by molar-refractivity contribution is 6.14. The summed E-state index contributed by atoms with van der Waals surface area (Å²) in [6, 6.07) is 0. The molecule has 0 fully saturated rings. The van der Waals surface area contributed by atoms with Crippen LogP contribution in [-0.2, 0) is 19.2 Å². The molecule has 1 aliphatic carbocycles. The lowest BCUT2D eigenvalue weighted by Crippen LogP contribution is -1.97. The van der Waals surface area contributed by atoms with E-state index in [0.717, 1.165) is 0 Å². The van der Waals surface area contributed by atoms with Crippen LogP contribution in [0.3, 0.4) is 0 Å². The maximum atomic E-state index is 10.3. The van der Waals surface area contributed by atoms with Crippen LogP contribution in [0.1, 0.15) is 0 Å². The maximum absolute atomic E-state index is 10.3. The van der Waals surface area contributed by atoms with Gasteiger partial charge in [-0.1, -0.05) is 0 Å². The summed E-state index contributed by atoms with van der Waals surface area (Å²) in [7, 11) is 0. The molecule has 0 aliphatic heterocycles. The molecule has 1 aliphatic rings. The Morgan fingerprint density at radius 2 is 1.00 bits per heavy atom. The SMILES string of the molecule is O=C1C=CC(=O)C=C1.O=C=O. The number of ketones is 2. The lowest BCUT2D eigenvalue weighted by molar-refractivity contribution is -0.191. The lowest BCUT2D eigenvalue weighted by Gasteiger charge is -1.87. The van der Waals surface area contributed by atoms with Crippen molar-refractivity contribution in [3.8, 4) is 0 Å². The summed E-state index contributed by atoms with van der Waals surface area (Å²) >= 11 is 0. The predicted molar refractivity (Wildman–Crippen MR) is 33.3 cm³/mol. The van der Waals surface area contributed by atoms with Crippen molar-refractivity contribution in [2.45, 2.75) is 0 Å². The maximum Gasteiger partial charge on any atom is 0.373 e. The Morgan fingerprint density at radius 1 is 0.818 bits per heavy atom. The first-order valence-electron chi connectivity index (χ1n) is 2.64. The molecule has 0 aromatic carbocycles. The van der Waals surface area contributed by atoms with E-state index >= 15 is 0 Å². The Labute approximate surface area is 62.2 Å². The lowest BCUT2D eigenvalue weighted by atomic mass is 10.2. The van der Waals surface area contributed by atoms with Gasteiger partial charge in [-0.3, -0.25) is 9.59 Å². The summed E-state index contributed by atoms with van der Waals surface area (Å²) in [4.78, 5) is 36.8. The summed E-state index contributed by atoms with van der Waals surface area (Å²) in [5.74, 6) is -0.241. The van der Waals surface area contributed by atoms with Crippen LogP contribution in [-0.4, -0.2) is 17.7 Å². The minimum absolute atomic E-state index is 0.121. The van der Waals surface area contributed by atoms with Crippen molar-refractivity contribution in [1.82, 2.24) is 0 Å². The molecule has 0 saturated heterocycles. The van der Waals surface area contributed by atoms with E-state index in [1.807, 2.05) is 0 Å². The van der Waals surface area contributed by atoms with Gasteiger partial charge in [0.2, 0.25) is 0 Å². The first-order chi connectivity index (χ1) is 5.20. The van der Waals surface area contributed by atoms with Gasteiger partial charge in [0, 0.05) is 0 Å². The smallest absolute Gasteiger partial charge is 0.290 e. The molecule has 0 aromatic rings. The molecule has 4 heteroatoms.